The van der Waals surface area contributed by atoms with E-state index >= 15 is 0 Å². The maximum atomic E-state index is 4.65. The van der Waals surface area contributed by atoms with Gasteiger partial charge in [-0.25, -0.2) is 0 Å². The van der Waals surface area contributed by atoms with Crippen molar-refractivity contribution in [2.45, 2.75) is 136 Å². The molecule has 7 atom stereocenters. The van der Waals surface area contributed by atoms with Crippen LogP contribution in [0, 0.1) is 35.5 Å². The van der Waals surface area contributed by atoms with Crippen LogP contribution in [0.4, 0.5) is 0 Å². The molecule has 0 aromatic heterocycles. The molecular weight excluding hydrogens is 434 g/mol. The molecule has 202 valence electrons. The molecule has 7 unspecified atom stereocenters. The summed E-state index contributed by atoms with van der Waals surface area (Å²) in [6, 6.07) is 14.3. The summed E-state index contributed by atoms with van der Waals surface area (Å²) in [5, 5.41) is 0. The van der Waals surface area contributed by atoms with Gasteiger partial charge in [-0.2, -0.15) is 0 Å². The summed E-state index contributed by atoms with van der Waals surface area (Å²) in [4.78, 5) is 0. The van der Waals surface area contributed by atoms with Gasteiger partial charge in [0.1, 0.15) is 6.04 Å². The molecule has 0 bridgehead atoms. The third-order valence-electron chi connectivity index (χ3n) is 11.2. The molecule has 0 amide bonds. The minimum Gasteiger partial charge on any atom is -0.306 e. The van der Waals surface area contributed by atoms with Crippen LogP contribution in [0.3, 0.4) is 0 Å². The number of nitrogens with zero attached hydrogens (tertiary/aromatic N) is 1. The first kappa shape index (κ1) is 27.9. The zero-order chi connectivity index (χ0) is 25.9. The van der Waals surface area contributed by atoms with E-state index in [0.29, 0.717) is 6.04 Å². The van der Waals surface area contributed by atoms with Gasteiger partial charge in [0.05, 0.1) is 18.1 Å². The monoisotopic (exact) mass is 492 g/mol. The average Bonchev–Trinajstić information content (AvgIpc) is 2.88. The Morgan fingerprint density at radius 3 is 1.67 bits per heavy atom. The second-order valence-corrected chi connectivity index (χ2v) is 14.1. The minimum absolute atomic E-state index is 0.405. The Bertz CT molecular complexity index is 771. The van der Waals surface area contributed by atoms with E-state index in [4.69, 9.17) is 0 Å². The summed E-state index contributed by atoms with van der Waals surface area (Å²) >= 11 is 0. The van der Waals surface area contributed by atoms with Crippen LogP contribution in [0.25, 0.3) is 0 Å². The third kappa shape index (κ3) is 5.39. The molecule has 3 saturated carbocycles. The van der Waals surface area contributed by atoms with E-state index in [-0.39, 0.29) is 0 Å². The molecule has 0 spiro atoms. The Kier molecular flexibility index (Phi) is 9.46. The van der Waals surface area contributed by atoms with Gasteiger partial charge in [0.25, 0.3) is 0 Å². The van der Waals surface area contributed by atoms with Gasteiger partial charge in [-0.05, 0) is 81.1 Å². The molecule has 0 heterocycles. The van der Waals surface area contributed by atoms with Crippen molar-refractivity contribution in [3.63, 3.8) is 0 Å². The normalized spacial score (nSPS) is 34.9. The van der Waals surface area contributed by atoms with E-state index in [1.54, 1.807) is 0 Å². The van der Waals surface area contributed by atoms with Crippen molar-refractivity contribution in [1.29, 1.82) is 0 Å². The van der Waals surface area contributed by atoms with Crippen molar-refractivity contribution in [2.24, 2.45) is 35.5 Å². The molecule has 3 fully saturated rings. The number of quaternary nitrogens is 1. The van der Waals surface area contributed by atoms with Crippen molar-refractivity contribution >= 4 is 0 Å². The molecule has 3 aliphatic carbocycles. The van der Waals surface area contributed by atoms with Crippen LogP contribution in [0.5, 0.6) is 0 Å². The summed E-state index contributed by atoms with van der Waals surface area (Å²) in [7, 11) is 0. The van der Waals surface area contributed by atoms with Crippen LogP contribution in [0.1, 0.15) is 124 Å². The molecule has 0 radical (unpaired) electrons. The van der Waals surface area contributed by atoms with Crippen LogP contribution in [-0.2, 0) is 0 Å². The second-order valence-electron chi connectivity index (χ2n) is 14.1. The number of rotatable bonds is 8. The fourth-order valence-electron chi connectivity index (χ4n) is 9.51. The Hall–Kier alpha value is -1.08. The number of hydrogen-bond acceptors (Lipinski definition) is 0. The number of benzene rings is 1. The Balaban J connectivity index is 2.00. The lowest BCUT2D eigenvalue weighted by Crippen LogP contribution is -2.73. The highest BCUT2D eigenvalue weighted by molar-refractivity contribution is 5.21. The lowest BCUT2D eigenvalue weighted by atomic mass is 9.65. The molecule has 1 aromatic rings. The quantitative estimate of drug-likeness (QED) is 0.250. The predicted octanol–water partition coefficient (Wildman–Crippen LogP) is 9.98. The van der Waals surface area contributed by atoms with Crippen molar-refractivity contribution < 1.29 is 4.48 Å². The molecule has 4 rings (SSSR count). The molecule has 1 aromatic carbocycles. The Labute approximate surface area is 224 Å². The summed E-state index contributed by atoms with van der Waals surface area (Å²) in [6.07, 6.45) is 18.0. The molecule has 3 aliphatic rings. The van der Waals surface area contributed by atoms with Crippen LogP contribution in [0.15, 0.2) is 43.0 Å². The van der Waals surface area contributed by atoms with E-state index in [9.17, 15) is 0 Å². The van der Waals surface area contributed by atoms with Gasteiger partial charge in [0.2, 0.25) is 0 Å². The molecule has 1 heteroatoms. The smallest absolute Gasteiger partial charge is 0.134 e. The summed E-state index contributed by atoms with van der Waals surface area (Å²) in [6.45, 7) is 19.9. The lowest BCUT2D eigenvalue weighted by molar-refractivity contribution is -1.03. The summed E-state index contributed by atoms with van der Waals surface area (Å²) in [5.74, 6) is 4.82. The highest BCUT2D eigenvalue weighted by atomic mass is 15.5. The highest BCUT2D eigenvalue weighted by Crippen LogP contribution is 2.55. The summed E-state index contributed by atoms with van der Waals surface area (Å²) in [5.41, 5.74) is 1.53. The predicted molar refractivity (Wildman–Crippen MR) is 157 cm³/mol. The zero-order valence-corrected chi connectivity index (χ0v) is 24.7. The molecule has 0 aliphatic heterocycles. The maximum Gasteiger partial charge on any atom is 0.134 e. The first-order valence-electron chi connectivity index (χ1n) is 15.9. The van der Waals surface area contributed by atoms with Crippen molar-refractivity contribution in [3.05, 3.63) is 48.6 Å². The van der Waals surface area contributed by atoms with Gasteiger partial charge in [0, 0.05) is 30.2 Å². The highest BCUT2D eigenvalue weighted by Gasteiger charge is 2.59. The Morgan fingerprint density at radius 1 is 0.722 bits per heavy atom. The van der Waals surface area contributed by atoms with Crippen LogP contribution in [0.2, 0.25) is 0 Å². The zero-order valence-electron chi connectivity index (χ0n) is 24.7. The fourth-order valence-corrected chi connectivity index (χ4v) is 9.51. The third-order valence-corrected chi connectivity index (χ3v) is 11.2. The van der Waals surface area contributed by atoms with Gasteiger partial charge in [-0.3, -0.25) is 0 Å². The maximum absolute atomic E-state index is 4.65. The van der Waals surface area contributed by atoms with Crippen molar-refractivity contribution in [1.82, 2.24) is 0 Å². The summed E-state index contributed by atoms with van der Waals surface area (Å²) < 4.78 is 1.34. The van der Waals surface area contributed by atoms with Crippen LogP contribution < -0.4 is 0 Å². The van der Waals surface area contributed by atoms with Crippen molar-refractivity contribution in [3.8, 4) is 0 Å². The first-order chi connectivity index (χ1) is 17.3. The SMILES string of the molecule is C=CC(c1ccccc1)[N+](C1CCCCC1)(C1CC(C)CCC1C(C)C)C1CC(C)CCC1C(C)C. The average molecular weight is 493 g/mol. The molecule has 0 saturated heterocycles. The van der Waals surface area contributed by atoms with Crippen LogP contribution in [-0.4, -0.2) is 22.6 Å². The van der Waals surface area contributed by atoms with Gasteiger partial charge in [-0.1, -0.05) is 84.9 Å². The first-order valence-corrected chi connectivity index (χ1v) is 15.9. The van der Waals surface area contributed by atoms with Crippen molar-refractivity contribution in [2.75, 3.05) is 0 Å². The van der Waals surface area contributed by atoms with Gasteiger partial charge >= 0.3 is 0 Å². The molecule has 36 heavy (non-hydrogen) atoms. The van der Waals surface area contributed by atoms with E-state index < -0.39 is 0 Å². The Morgan fingerprint density at radius 2 is 1.22 bits per heavy atom. The van der Waals surface area contributed by atoms with Gasteiger partial charge in [0.15, 0.2) is 0 Å². The molecule has 0 N–H and O–H groups in total. The van der Waals surface area contributed by atoms with E-state index in [1.807, 2.05) is 0 Å². The standard InChI is InChI=1S/C35H58N/c1-8-33(29-15-11-9-12-16-29)36(30-17-13-10-14-18-30,34-23-27(6)19-21-31(34)25(2)3)35-24-28(7)20-22-32(35)26(4)5/h8-9,11-12,15-16,25-28,30-35H,1,10,13-14,17-24H2,2-7H3/q+1. The van der Waals surface area contributed by atoms with Gasteiger partial charge in [-0.15, -0.1) is 0 Å². The largest absolute Gasteiger partial charge is 0.306 e. The fraction of sp³-hybridized carbons (Fsp3) is 0.771. The topological polar surface area (TPSA) is 0 Å². The minimum atomic E-state index is 0.405. The lowest BCUT2D eigenvalue weighted by Gasteiger charge is -2.65. The molecule has 1 nitrogen and oxygen atoms in total. The van der Waals surface area contributed by atoms with Gasteiger partial charge < -0.3 is 4.48 Å². The van der Waals surface area contributed by atoms with E-state index in [1.165, 1.54) is 80.7 Å². The van der Waals surface area contributed by atoms with Crippen LogP contribution >= 0.6 is 0 Å². The van der Waals surface area contributed by atoms with E-state index in [2.05, 4.69) is 84.5 Å². The molecular formula is C35H58N+. The number of hydrogen-bond donors (Lipinski definition) is 0. The van der Waals surface area contributed by atoms with E-state index in [0.717, 1.165) is 53.6 Å². The second kappa shape index (κ2) is 12.2.